The second kappa shape index (κ2) is 40.0. The van der Waals surface area contributed by atoms with Crippen molar-refractivity contribution >= 4 is 64.4 Å². The van der Waals surface area contributed by atoms with Crippen LogP contribution in [-0.4, -0.2) is 407 Å². The van der Waals surface area contributed by atoms with Crippen LogP contribution in [0, 0.1) is 11.3 Å². The molecule has 6 rings (SSSR count). The van der Waals surface area contributed by atoms with Crippen molar-refractivity contribution in [3.63, 3.8) is 0 Å². The molecule has 0 aromatic rings. The third-order valence-electron chi connectivity index (χ3n) is 16.8. The minimum absolute atomic E-state index is 0.0239. The minimum Gasteiger partial charge on any atom is -0.394 e. The number of thiocarbonyl (C=S) groups is 1. The first kappa shape index (κ1) is 82.7. The predicted molar refractivity (Wildman–Crippen MR) is 332 cm³/mol. The summed E-state index contributed by atoms with van der Waals surface area (Å²) in [6.07, 6.45) is -38.1. The van der Waals surface area contributed by atoms with E-state index in [1.807, 2.05) is 0 Å². The highest BCUT2D eigenvalue weighted by atomic mass is 32.2. The summed E-state index contributed by atoms with van der Waals surface area (Å²) in [5.41, 5.74) is -4.17. The summed E-state index contributed by atoms with van der Waals surface area (Å²) < 4.78 is 63.8. The Morgan fingerprint density at radius 1 is 0.457 bits per heavy atom. The Labute approximate surface area is 564 Å². The second-order valence-electron chi connectivity index (χ2n) is 23.8. The monoisotopic (exact) mass is 1460 g/mol. The summed E-state index contributed by atoms with van der Waals surface area (Å²) in [6, 6.07) is 0. The lowest BCUT2D eigenvalue weighted by molar-refractivity contribution is -0.421. The molecule has 40 heteroatoms. The van der Waals surface area contributed by atoms with Gasteiger partial charge in [0.2, 0.25) is 12.1 Å². The highest BCUT2D eigenvalue weighted by molar-refractivity contribution is 8.00. The van der Waals surface area contributed by atoms with Crippen LogP contribution < -0.4 is 10.6 Å². The number of hydrogen-bond donors (Lipinski definition) is 24. The average molecular weight is 1460 g/mol. The lowest BCUT2D eigenvalue weighted by Gasteiger charge is -2.48. The molecule has 6 fully saturated rings. The molecule has 6 heterocycles. The van der Waals surface area contributed by atoms with E-state index in [0.717, 1.165) is 35.3 Å². The summed E-state index contributed by atoms with van der Waals surface area (Å²) in [7, 11) is 0. The molecule has 0 aromatic carbocycles. The molecule has 0 aliphatic carbocycles. The molecule has 29 atom stereocenters. The van der Waals surface area contributed by atoms with Crippen LogP contribution in [0.1, 0.15) is 26.2 Å². The van der Waals surface area contributed by atoms with Gasteiger partial charge < -0.3 is 175 Å². The molecule has 0 amide bonds. The number of nitrogens with one attached hydrogen (secondary N) is 2. The summed E-state index contributed by atoms with van der Waals surface area (Å²) >= 11 is 10.5. The summed E-state index contributed by atoms with van der Waals surface area (Å²) in [4.78, 5) is 0. The molecular weight excluding hydrogens is 1360 g/mol. The van der Waals surface area contributed by atoms with Gasteiger partial charge in [-0.1, -0.05) is 6.92 Å². The second-order valence-corrected chi connectivity index (χ2v) is 29.0. The highest BCUT2D eigenvalue weighted by Crippen LogP contribution is 2.38. The number of thioether (sulfide) groups is 4. The Balaban J connectivity index is 1.08. The summed E-state index contributed by atoms with van der Waals surface area (Å²) in [6.45, 7) is -1.32. The summed E-state index contributed by atoms with van der Waals surface area (Å²) in [5.74, 6) is -2.27. The third-order valence-corrected chi connectivity index (χ3v) is 21.8. The fourth-order valence-electron chi connectivity index (χ4n) is 10.9. The van der Waals surface area contributed by atoms with Crippen LogP contribution in [0.5, 0.6) is 0 Å². The maximum atomic E-state index is 11.2. The zero-order chi connectivity index (χ0) is 69.2. The zero-order valence-corrected chi connectivity index (χ0v) is 55.5. The van der Waals surface area contributed by atoms with Gasteiger partial charge in [0, 0.05) is 50.3 Å². The maximum Gasteiger partial charge on any atom is 0.245 e. The molecule has 552 valence electrons. The molecule has 0 bridgehead atoms. The van der Waals surface area contributed by atoms with Crippen molar-refractivity contribution in [3.05, 3.63) is 0 Å². The molecule has 6 aliphatic heterocycles. The Kier molecular flexibility index (Phi) is 35.2. The van der Waals surface area contributed by atoms with Crippen molar-refractivity contribution in [1.29, 1.82) is 0 Å². The van der Waals surface area contributed by atoms with E-state index in [1.165, 1.54) is 11.8 Å². The van der Waals surface area contributed by atoms with E-state index in [9.17, 15) is 112 Å². The van der Waals surface area contributed by atoms with Gasteiger partial charge in [-0.2, -0.15) is 11.8 Å². The Hall–Kier alpha value is -0.230. The smallest absolute Gasteiger partial charge is 0.245 e. The van der Waals surface area contributed by atoms with Gasteiger partial charge in [-0.3, -0.25) is 0 Å². The van der Waals surface area contributed by atoms with Gasteiger partial charge in [0.15, 0.2) is 17.7 Å². The van der Waals surface area contributed by atoms with Crippen molar-refractivity contribution in [1.82, 2.24) is 10.6 Å². The molecule has 0 radical (unpaired) electrons. The van der Waals surface area contributed by atoms with Gasteiger partial charge in [-0.25, -0.2) is 0 Å². The van der Waals surface area contributed by atoms with Crippen LogP contribution in [0.3, 0.4) is 0 Å². The first-order valence-electron chi connectivity index (χ1n) is 30.8. The molecule has 24 N–H and O–H groups in total. The largest absolute Gasteiger partial charge is 0.394 e. The van der Waals surface area contributed by atoms with Crippen molar-refractivity contribution in [2.45, 2.75) is 201 Å². The number of aliphatic hydroxyl groups excluding tert-OH is 20. The molecule has 94 heavy (non-hydrogen) atoms. The minimum atomic E-state index is -3.27. The van der Waals surface area contributed by atoms with E-state index in [0.29, 0.717) is 43.1 Å². The maximum absolute atomic E-state index is 11.2. The fourth-order valence-corrected chi connectivity index (χ4v) is 15.4. The van der Waals surface area contributed by atoms with Gasteiger partial charge in [-0.15, -0.1) is 35.3 Å². The van der Waals surface area contributed by atoms with Crippen LogP contribution >= 0.6 is 59.3 Å². The molecule has 35 nitrogen and oxygen atoms in total. The van der Waals surface area contributed by atoms with Crippen LogP contribution in [0.2, 0.25) is 0 Å². The standard InChI is InChI=1S/C54H98N2O33S5/c1-23-29(83-47(39(71)30(23)62)88-43-27(16-60)82-46(76)38(70)36(43)68)18-91-12-5-55-52(90)56-19-53(20-79-6-2-9-92-48-40(72)34(66)31(63)24(13-57)84-48,21-80-7-3-10-93-49-41(73)35(67)32(64)25(14-58)85-49)22-81-8-4-11-94-50-42(74)37(69)44(28(17-61)86-50)89-51-54(77,78)45(75)33(65)26(15-59)87-51/h23-51,57-78H,2-22H2,1H3,(H2,55,56,90)/t23-,24?,25?,26?,27?,28?,29?,30+,31-,32-,33+,34+,35+,36-,37-,38?,39?,40?,41?,42?,43-,44-,45+,46+,47-,48+,49+,50+,51+,53?/m1/s1. The van der Waals surface area contributed by atoms with Gasteiger partial charge in [-0.05, 0) is 48.7 Å². The molecule has 6 saturated heterocycles. The predicted octanol–water partition coefficient (Wildman–Crippen LogP) is -11.0. The highest BCUT2D eigenvalue weighted by Gasteiger charge is 2.58. The van der Waals surface area contributed by atoms with Gasteiger partial charge in [0.1, 0.15) is 138 Å². The van der Waals surface area contributed by atoms with Crippen molar-refractivity contribution in [2.24, 2.45) is 11.3 Å². The number of hydrogen-bond acceptors (Lipinski definition) is 38. The van der Waals surface area contributed by atoms with Crippen LogP contribution in [-0.2, 0) is 52.1 Å². The van der Waals surface area contributed by atoms with E-state index in [1.54, 1.807) is 6.92 Å². The fraction of sp³-hybridized carbons (Fsp3) is 0.981. The van der Waals surface area contributed by atoms with Crippen molar-refractivity contribution in [3.8, 4) is 0 Å². The molecule has 0 saturated carbocycles. The first-order valence-corrected chi connectivity index (χ1v) is 35.5. The van der Waals surface area contributed by atoms with Crippen molar-refractivity contribution in [2.75, 3.05) is 115 Å². The Morgan fingerprint density at radius 2 is 0.894 bits per heavy atom. The summed E-state index contributed by atoms with van der Waals surface area (Å²) in [5, 5.41) is 234. The Morgan fingerprint density at radius 3 is 1.38 bits per heavy atom. The Bertz CT molecular complexity index is 2110. The third kappa shape index (κ3) is 21.9. The first-order chi connectivity index (χ1) is 44.7. The topological polar surface area (TPSA) is 571 Å². The number of rotatable bonds is 37. The lowest BCUT2D eigenvalue weighted by atomic mass is 9.90. The van der Waals surface area contributed by atoms with Gasteiger partial charge in [0.05, 0.1) is 70.5 Å². The van der Waals surface area contributed by atoms with E-state index in [2.05, 4.69) is 10.6 Å². The molecule has 6 aliphatic rings. The van der Waals surface area contributed by atoms with E-state index >= 15 is 0 Å². The van der Waals surface area contributed by atoms with E-state index < -0.39 is 220 Å². The molecular formula is C54H98N2O33S5. The molecule has 11 unspecified atom stereocenters. The van der Waals surface area contributed by atoms with Crippen LogP contribution in [0.25, 0.3) is 0 Å². The zero-order valence-electron chi connectivity index (χ0n) is 51.5. The quantitative estimate of drug-likeness (QED) is 0.0156. The van der Waals surface area contributed by atoms with Gasteiger partial charge >= 0.3 is 0 Å². The van der Waals surface area contributed by atoms with E-state index in [-0.39, 0.29) is 62.8 Å². The average Bonchev–Trinajstić information content (AvgIpc) is 0.777. The normalized spacial score (nSPS) is 41.8. The molecule has 0 aromatic heterocycles. The van der Waals surface area contributed by atoms with Gasteiger partial charge in [0.25, 0.3) is 0 Å². The lowest BCUT2D eigenvalue weighted by Crippen LogP contribution is -2.69. The van der Waals surface area contributed by atoms with E-state index in [4.69, 9.17) is 64.3 Å². The number of aliphatic hydroxyl groups is 22. The van der Waals surface area contributed by atoms with Crippen molar-refractivity contribution < 1.29 is 164 Å². The number of ether oxygens (including phenoxy) is 11. The molecule has 0 spiro atoms. The van der Waals surface area contributed by atoms with Crippen LogP contribution in [0.15, 0.2) is 0 Å². The van der Waals surface area contributed by atoms with Crippen LogP contribution in [0.4, 0.5) is 0 Å². The SMILES string of the molecule is C[C@@H]1C(CSCCNC(=S)NCC(COCCCS[C@@H]2OC(CO)[C@@H](O)[C@H](O)C2O)(COCCCS[C@@H]2OC(CO)[C@@H](O)[C@H](O)C2O)COCCCS[C@@H]2OC(CO)[C@@H](O[C@@H]3OC(CO)[C@H](O)[C@H](O)C3(O)O)[C@H](O)C2O)O[C@H](O[C@@H]2C(CO)O[C@H](O)C(O)[C@H]2O)C(O)[C@H]1O.